The number of nitro benzene ring substituents is 1. The van der Waals surface area contributed by atoms with Crippen molar-refractivity contribution in [2.75, 3.05) is 25.5 Å². The molecule has 1 saturated heterocycles. The minimum Gasteiger partial charge on any atom is -0.392 e. The van der Waals surface area contributed by atoms with E-state index in [-0.39, 0.29) is 17.1 Å². The van der Waals surface area contributed by atoms with Crippen molar-refractivity contribution in [2.24, 2.45) is 0 Å². The molecule has 116 valence electrons. The molecular formula is C12H17N3O5S. The van der Waals surface area contributed by atoms with Crippen molar-refractivity contribution < 1.29 is 18.4 Å². The molecule has 2 N–H and O–H groups in total. The number of hydrogen-bond acceptors (Lipinski definition) is 6. The summed E-state index contributed by atoms with van der Waals surface area (Å²) >= 11 is 0. The van der Waals surface area contributed by atoms with E-state index in [1.807, 2.05) is 0 Å². The van der Waals surface area contributed by atoms with Crippen LogP contribution < -0.4 is 5.32 Å². The molecule has 0 radical (unpaired) electrons. The van der Waals surface area contributed by atoms with Crippen molar-refractivity contribution in [2.45, 2.75) is 23.8 Å². The average Bonchev–Trinajstić information content (AvgIpc) is 2.46. The maximum atomic E-state index is 12.6. The highest BCUT2D eigenvalue weighted by Gasteiger charge is 2.32. The topological polar surface area (TPSA) is 113 Å². The van der Waals surface area contributed by atoms with Gasteiger partial charge in [-0.3, -0.25) is 10.1 Å². The first-order chi connectivity index (χ1) is 9.86. The van der Waals surface area contributed by atoms with Crippen LogP contribution in [0.25, 0.3) is 0 Å². The van der Waals surface area contributed by atoms with Gasteiger partial charge >= 0.3 is 0 Å². The van der Waals surface area contributed by atoms with Crippen LogP contribution in [0.4, 0.5) is 11.4 Å². The zero-order valence-electron chi connectivity index (χ0n) is 11.5. The zero-order valence-corrected chi connectivity index (χ0v) is 12.3. The SMILES string of the molecule is CNc1ccc([N+](=O)[O-])cc1S(=O)(=O)N1CCCC(O)C1. The van der Waals surface area contributed by atoms with E-state index < -0.39 is 21.1 Å². The monoisotopic (exact) mass is 315 g/mol. The number of aliphatic hydroxyl groups excluding tert-OH is 1. The lowest BCUT2D eigenvalue weighted by molar-refractivity contribution is -0.385. The number of aliphatic hydroxyl groups is 1. The summed E-state index contributed by atoms with van der Waals surface area (Å²) in [6, 6.07) is 3.66. The molecule has 0 bridgehead atoms. The molecule has 1 atom stereocenters. The number of benzene rings is 1. The molecule has 2 rings (SSSR count). The van der Waals surface area contributed by atoms with Crippen LogP contribution in [0.5, 0.6) is 0 Å². The van der Waals surface area contributed by atoms with Crippen LogP contribution in [-0.2, 0) is 10.0 Å². The van der Waals surface area contributed by atoms with Gasteiger partial charge in [0.15, 0.2) is 0 Å². The number of anilines is 1. The number of nitro groups is 1. The van der Waals surface area contributed by atoms with E-state index in [1.165, 1.54) is 16.4 Å². The molecule has 0 aromatic heterocycles. The maximum Gasteiger partial charge on any atom is 0.270 e. The first-order valence-electron chi connectivity index (χ1n) is 6.50. The van der Waals surface area contributed by atoms with Gasteiger partial charge in [0.1, 0.15) is 4.90 Å². The summed E-state index contributed by atoms with van der Waals surface area (Å²) in [6.45, 7) is 0.305. The van der Waals surface area contributed by atoms with Crippen molar-refractivity contribution in [3.05, 3.63) is 28.3 Å². The smallest absolute Gasteiger partial charge is 0.270 e. The number of piperidine rings is 1. The summed E-state index contributed by atoms with van der Waals surface area (Å²) in [7, 11) is -2.34. The molecule has 1 heterocycles. The van der Waals surface area contributed by atoms with Gasteiger partial charge < -0.3 is 10.4 Å². The number of rotatable bonds is 4. The molecule has 1 aliphatic heterocycles. The highest BCUT2D eigenvalue weighted by Crippen LogP contribution is 2.30. The predicted molar refractivity (Wildman–Crippen MR) is 76.6 cm³/mol. The van der Waals surface area contributed by atoms with Gasteiger partial charge in [-0.05, 0) is 18.9 Å². The van der Waals surface area contributed by atoms with Gasteiger partial charge in [0.2, 0.25) is 10.0 Å². The molecule has 1 unspecified atom stereocenters. The fourth-order valence-electron chi connectivity index (χ4n) is 2.32. The quantitative estimate of drug-likeness (QED) is 0.627. The number of sulfonamides is 1. The van der Waals surface area contributed by atoms with Crippen LogP contribution >= 0.6 is 0 Å². The number of hydrogen-bond donors (Lipinski definition) is 2. The molecule has 0 spiro atoms. The van der Waals surface area contributed by atoms with Crippen molar-refractivity contribution in [1.82, 2.24) is 4.31 Å². The molecule has 9 heteroatoms. The van der Waals surface area contributed by atoms with E-state index in [0.29, 0.717) is 25.1 Å². The Labute approximate surface area is 122 Å². The standard InChI is InChI=1S/C12H17N3O5S/c1-13-11-5-4-9(15(17)18)7-12(11)21(19,20)14-6-2-3-10(16)8-14/h4-5,7,10,13,16H,2-3,6,8H2,1H3. The van der Waals surface area contributed by atoms with E-state index in [9.17, 15) is 23.6 Å². The third-order valence-electron chi connectivity index (χ3n) is 3.42. The molecule has 1 aromatic carbocycles. The Morgan fingerprint density at radius 1 is 1.48 bits per heavy atom. The first kappa shape index (κ1) is 15.7. The Morgan fingerprint density at radius 3 is 2.76 bits per heavy atom. The third-order valence-corrected chi connectivity index (χ3v) is 5.33. The maximum absolute atomic E-state index is 12.6. The van der Waals surface area contributed by atoms with Crippen LogP contribution in [-0.4, -0.2) is 49.0 Å². The summed E-state index contributed by atoms with van der Waals surface area (Å²) in [5, 5.41) is 23.2. The molecule has 1 aliphatic rings. The van der Waals surface area contributed by atoms with Crippen LogP contribution in [0, 0.1) is 10.1 Å². The Morgan fingerprint density at radius 2 is 2.19 bits per heavy atom. The van der Waals surface area contributed by atoms with E-state index >= 15 is 0 Å². The predicted octanol–water partition coefficient (Wildman–Crippen LogP) is 0.782. The molecular weight excluding hydrogens is 298 g/mol. The van der Waals surface area contributed by atoms with Crippen LogP contribution in [0.1, 0.15) is 12.8 Å². The van der Waals surface area contributed by atoms with Gasteiger partial charge in [-0.1, -0.05) is 0 Å². The average molecular weight is 315 g/mol. The van der Waals surface area contributed by atoms with E-state index in [2.05, 4.69) is 5.32 Å². The van der Waals surface area contributed by atoms with Crippen molar-refractivity contribution in [1.29, 1.82) is 0 Å². The largest absolute Gasteiger partial charge is 0.392 e. The van der Waals surface area contributed by atoms with Crippen molar-refractivity contribution >= 4 is 21.4 Å². The number of nitrogens with one attached hydrogen (secondary N) is 1. The molecule has 1 aromatic rings. The summed E-state index contributed by atoms with van der Waals surface area (Å²) in [5.74, 6) is 0. The lowest BCUT2D eigenvalue weighted by Gasteiger charge is -2.29. The number of nitrogens with zero attached hydrogens (tertiary/aromatic N) is 2. The summed E-state index contributed by atoms with van der Waals surface area (Å²) < 4.78 is 26.4. The highest BCUT2D eigenvalue weighted by atomic mass is 32.2. The summed E-state index contributed by atoms with van der Waals surface area (Å²) in [5.41, 5.74) is 0.00537. The van der Waals surface area contributed by atoms with E-state index in [1.54, 1.807) is 7.05 Å². The Bertz CT molecular complexity index is 646. The van der Waals surface area contributed by atoms with Crippen molar-refractivity contribution in [3.63, 3.8) is 0 Å². The highest BCUT2D eigenvalue weighted by molar-refractivity contribution is 7.89. The number of β-amino-alcohol motifs (C(OH)–C–C–N with tert-alkyl or cyclic N) is 1. The Balaban J connectivity index is 2.47. The van der Waals surface area contributed by atoms with E-state index in [0.717, 1.165) is 6.07 Å². The second kappa shape index (κ2) is 5.96. The molecule has 0 amide bonds. The normalized spacial score (nSPS) is 20.2. The minimum absolute atomic E-state index is 0.00811. The van der Waals surface area contributed by atoms with Crippen molar-refractivity contribution in [3.8, 4) is 0 Å². The van der Waals surface area contributed by atoms with Crippen LogP contribution in [0.2, 0.25) is 0 Å². The lowest BCUT2D eigenvalue weighted by Crippen LogP contribution is -2.42. The van der Waals surface area contributed by atoms with Gasteiger partial charge in [0.25, 0.3) is 5.69 Å². The molecule has 0 aliphatic carbocycles. The Kier molecular flexibility index (Phi) is 4.45. The van der Waals surface area contributed by atoms with E-state index in [4.69, 9.17) is 0 Å². The second-order valence-electron chi connectivity index (χ2n) is 4.85. The van der Waals surface area contributed by atoms with Gasteiger partial charge in [-0.25, -0.2) is 8.42 Å². The number of non-ortho nitro benzene ring substituents is 1. The minimum atomic E-state index is -3.89. The van der Waals surface area contributed by atoms with Gasteiger partial charge in [0.05, 0.1) is 16.7 Å². The van der Waals surface area contributed by atoms with Gasteiger partial charge in [-0.2, -0.15) is 4.31 Å². The third kappa shape index (κ3) is 3.14. The van der Waals surface area contributed by atoms with Gasteiger partial charge in [-0.15, -0.1) is 0 Å². The zero-order chi connectivity index (χ0) is 15.6. The van der Waals surface area contributed by atoms with Gasteiger partial charge in [0, 0.05) is 32.3 Å². The second-order valence-corrected chi connectivity index (χ2v) is 6.75. The molecule has 0 saturated carbocycles. The summed E-state index contributed by atoms with van der Waals surface area (Å²) in [6.07, 6.45) is 0.412. The first-order valence-corrected chi connectivity index (χ1v) is 7.94. The fraction of sp³-hybridized carbons (Fsp3) is 0.500. The van der Waals surface area contributed by atoms with Crippen LogP contribution in [0.15, 0.2) is 23.1 Å². The fourth-order valence-corrected chi connectivity index (χ4v) is 4.06. The van der Waals surface area contributed by atoms with Crippen LogP contribution in [0.3, 0.4) is 0 Å². The Hall–Kier alpha value is -1.71. The molecule has 21 heavy (non-hydrogen) atoms. The molecule has 1 fully saturated rings. The summed E-state index contributed by atoms with van der Waals surface area (Å²) in [4.78, 5) is 10.1. The lowest BCUT2D eigenvalue weighted by atomic mass is 10.1. The molecule has 8 nitrogen and oxygen atoms in total.